The van der Waals surface area contributed by atoms with Crippen LogP contribution in [0.15, 0.2) is 4.52 Å². The first kappa shape index (κ1) is 16.5. The van der Waals surface area contributed by atoms with Gasteiger partial charge in [0.15, 0.2) is 5.82 Å². The summed E-state index contributed by atoms with van der Waals surface area (Å²) in [6.07, 6.45) is 2.72. The van der Waals surface area contributed by atoms with Crippen LogP contribution >= 0.6 is 0 Å². The van der Waals surface area contributed by atoms with Gasteiger partial charge in [-0.25, -0.2) is 4.79 Å². The summed E-state index contributed by atoms with van der Waals surface area (Å²) in [6.45, 7) is 8.74. The molecule has 0 saturated carbocycles. The summed E-state index contributed by atoms with van der Waals surface area (Å²) in [5, 5.41) is 6.81. The van der Waals surface area contributed by atoms with Gasteiger partial charge in [0.1, 0.15) is 0 Å². The molecule has 0 aliphatic carbocycles. The van der Waals surface area contributed by atoms with Crippen LogP contribution in [0, 0.1) is 12.8 Å². The first-order valence-electron chi connectivity index (χ1n) is 7.19. The lowest BCUT2D eigenvalue weighted by atomic mass is 10.0. The number of carbonyl (C=O) groups is 1. The van der Waals surface area contributed by atoms with E-state index in [4.69, 9.17) is 4.52 Å². The normalized spacial score (nSPS) is 12.5. The van der Waals surface area contributed by atoms with E-state index in [1.807, 2.05) is 6.92 Å². The predicted molar refractivity (Wildman–Crippen MR) is 77.4 cm³/mol. The highest BCUT2D eigenvalue weighted by Gasteiger charge is 2.13. The van der Waals surface area contributed by atoms with Gasteiger partial charge >= 0.3 is 6.03 Å². The third-order valence-corrected chi connectivity index (χ3v) is 3.13. The van der Waals surface area contributed by atoms with Gasteiger partial charge in [-0.05, 0) is 25.7 Å². The highest BCUT2D eigenvalue weighted by molar-refractivity contribution is 5.74. The molecule has 1 aromatic heterocycles. The number of hydrogen-bond acceptors (Lipinski definition) is 4. The minimum atomic E-state index is -0.0542. The van der Waals surface area contributed by atoms with Gasteiger partial charge in [-0.2, -0.15) is 4.98 Å². The molecular formula is C14H26N4O2. The molecule has 114 valence electrons. The molecule has 0 aliphatic heterocycles. The van der Waals surface area contributed by atoms with Crippen LogP contribution in [0.3, 0.4) is 0 Å². The van der Waals surface area contributed by atoms with Crippen LogP contribution in [0.5, 0.6) is 0 Å². The summed E-state index contributed by atoms with van der Waals surface area (Å²) < 4.78 is 4.90. The minimum Gasteiger partial charge on any atom is -0.340 e. The summed E-state index contributed by atoms with van der Waals surface area (Å²) in [7, 11) is 1.78. The fraction of sp³-hybridized carbons (Fsp3) is 0.786. The fourth-order valence-corrected chi connectivity index (χ4v) is 1.79. The predicted octanol–water partition coefficient (Wildman–Crippen LogP) is 2.39. The number of urea groups is 1. The Labute approximate surface area is 120 Å². The van der Waals surface area contributed by atoms with Gasteiger partial charge in [0.05, 0.1) is 0 Å². The maximum Gasteiger partial charge on any atom is 0.317 e. The van der Waals surface area contributed by atoms with Gasteiger partial charge in [0.2, 0.25) is 5.89 Å². The van der Waals surface area contributed by atoms with Crippen molar-refractivity contribution < 1.29 is 9.32 Å². The molecule has 0 bridgehead atoms. The zero-order valence-corrected chi connectivity index (χ0v) is 13.1. The van der Waals surface area contributed by atoms with Crippen molar-refractivity contribution in [2.75, 3.05) is 13.6 Å². The summed E-state index contributed by atoms with van der Waals surface area (Å²) in [6, 6.07) is 0.140. The Morgan fingerprint density at radius 3 is 2.60 bits per heavy atom. The Morgan fingerprint density at radius 2 is 2.05 bits per heavy atom. The van der Waals surface area contributed by atoms with E-state index in [9.17, 15) is 4.79 Å². The second-order valence-electron chi connectivity index (χ2n) is 5.72. The molecule has 0 spiro atoms. The third kappa shape index (κ3) is 6.04. The fourth-order valence-electron chi connectivity index (χ4n) is 1.79. The zero-order chi connectivity index (χ0) is 15.1. The van der Waals surface area contributed by atoms with Crippen molar-refractivity contribution in [3.05, 3.63) is 11.7 Å². The van der Waals surface area contributed by atoms with E-state index < -0.39 is 0 Å². The molecule has 1 rings (SSSR count). The van der Waals surface area contributed by atoms with Crippen molar-refractivity contribution >= 4 is 6.03 Å². The van der Waals surface area contributed by atoms with E-state index in [1.54, 1.807) is 18.9 Å². The first-order chi connectivity index (χ1) is 9.38. The lowest BCUT2D eigenvalue weighted by Gasteiger charge is -2.21. The standard InChI is InChI=1S/C14H26N4O2/c1-10(2)6-7-11(3)15-14(19)18(5)9-8-13-16-12(4)20-17-13/h10-11H,6-9H2,1-5H3,(H,15,19). The van der Waals surface area contributed by atoms with Crippen molar-refractivity contribution in [2.45, 2.75) is 53.0 Å². The smallest absolute Gasteiger partial charge is 0.317 e. The maximum atomic E-state index is 12.0. The van der Waals surface area contributed by atoms with Crippen LogP contribution in [0.25, 0.3) is 0 Å². The largest absolute Gasteiger partial charge is 0.340 e. The van der Waals surface area contributed by atoms with E-state index in [2.05, 4.69) is 29.3 Å². The number of aromatic nitrogens is 2. The summed E-state index contributed by atoms with van der Waals surface area (Å²) >= 11 is 0. The van der Waals surface area contributed by atoms with Crippen LogP contribution < -0.4 is 5.32 Å². The number of carbonyl (C=O) groups excluding carboxylic acids is 1. The Hall–Kier alpha value is -1.59. The highest BCUT2D eigenvalue weighted by Crippen LogP contribution is 2.06. The zero-order valence-electron chi connectivity index (χ0n) is 13.1. The molecule has 0 radical (unpaired) electrons. The van der Waals surface area contributed by atoms with E-state index in [1.165, 1.54) is 0 Å². The Balaban J connectivity index is 2.28. The SMILES string of the molecule is Cc1nc(CCN(C)C(=O)NC(C)CCC(C)C)no1. The van der Waals surface area contributed by atoms with Gasteiger partial charge in [-0.15, -0.1) is 0 Å². The molecule has 20 heavy (non-hydrogen) atoms. The second-order valence-corrected chi connectivity index (χ2v) is 5.72. The highest BCUT2D eigenvalue weighted by atomic mass is 16.5. The Morgan fingerprint density at radius 1 is 1.35 bits per heavy atom. The molecule has 0 saturated heterocycles. The van der Waals surface area contributed by atoms with E-state index in [0.29, 0.717) is 30.6 Å². The van der Waals surface area contributed by atoms with Gasteiger partial charge in [0, 0.05) is 33.0 Å². The number of nitrogens with zero attached hydrogens (tertiary/aromatic N) is 3. The summed E-state index contributed by atoms with van der Waals surface area (Å²) in [5.74, 6) is 1.85. The van der Waals surface area contributed by atoms with E-state index in [0.717, 1.165) is 12.8 Å². The maximum absolute atomic E-state index is 12.0. The molecule has 1 unspecified atom stereocenters. The summed E-state index contributed by atoms with van der Waals surface area (Å²) in [5.41, 5.74) is 0. The molecule has 1 heterocycles. The molecular weight excluding hydrogens is 256 g/mol. The third-order valence-electron chi connectivity index (χ3n) is 3.13. The topological polar surface area (TPSA) is 71.3 Å². The quantitative estimate of drug-likeness (QED) is 0.833. The second kappa shape index (κ2) is 7.87. The molecule has 1 N–H and O–H groups in total. The minimum absolute atomic E-state index is 0.0542. The van der Waals surface area contributed by atoms with E-state index in [-0.39, 0.29) is 12.1 Å². The van der Waals surface area contributed by atoms with Crippen molar-refractivity contribution in [3.63, 3.8) is 0 Å². The van der Waals surface area contributed by atoms with Crippen LogP contribution in [-0.2, 0) is 6.42 Å². The Kier molecular flexibility index (Phi) is 6.48. The molecule has 0 aromatic carbocycles. The van der Waals surface area contributed by atoms with Gasteiger partial charge < -0.3 is 14.7 Å². The number of nitrogens with one attached hydrogen (secondary N) is 1. The molecule has 0 aliphatic rings. The van der Waals surface area contributed by atoms with Gasteiger partial charge in [-0.3, -0.25) is 0 Å². The lowest BCUT2D eigenvalue weighted by molar-refractivity contribution is 0.204. The number of amides is 2. The number of rotatable bonds is 7. The summed E-state index contributed by atoms with van der Waals surface area (Å²) in [4.78, 5) is 17.7. The van der Waals surface area contributed by atoms with Crippen LogP contribution in [0.1, 0.15) is 45.3 Å². The van der Waals surface area contributed by atoms with Crippen LogP contribution in [0.2, 0.25) is 0 Å². The average Bonchev–Trinajstić information content (AvgIpc) is 2.79. The molecule has 1 aromatic rings. The van der Waals surface area contributed by atoms with Crippen molar-refractivity contribution in [3.8, 4) is 0 Å². The van der Waals surface area contributed by atoms with Crippen LogP contribution in [-0.4, -0.2) is 40.7 Å². The Bertz CT molecular complexity index is 417. The van der Waals surface area contributed by atoms with Crippen molar-refractivity contribution in [1.29, 1.82) is 0 Å². The number of likely N-dealkylation sites (N-methyl/N-ethyl adjacent to an activating group) is 1. The van der Waals surface area contributed by atoms with Crippen LogP contribution in [0.4, 0.5) is 4.79 Å². The average molecular weight is 282 g/mol. The van der Waals surface area contributed by atoms with Crippen molar-refractivity contribution in [1.82, 2.24) is 20.4 Å². The monoisotopic (exact) mass is 282 g/mol. The molecule has 0 fully saturated rings. The van der Waals surface area contributed by atoms with E-state index >= 15 is 0 Å². The molecule has 2 amide bonds. The molecule has 6 nitrogen and oxygen atoms in total. The van der Waals surface area contributed by atoms with Gasteiger partial charge in [-0.1, -0.05) is 19.0 Å². The number of aryl methyl sites for hydroxylation is 1. The molecule has 1 atom stereocenters. The lowest BCUT2D eigenvalue weighted by Crippen LogP contribution is -2.42. The first-order valence-corrected chi connectivity index (χ1v) is 7.19. The van der Waals surface area contributed by atoms with Gasteiger partial charge in [0.25, 0.3) is 0 Å². The molecule has 6 heteroatoms. The van der Waals surface area contributed by atoms with Crippen molar-refractivity contribution in [2.24, 2.45) is 5.92 Å². The number of hydrogen-bond donors (Lipinski definition) is 1.